The van der Waals surface area contributed by atoms with Crippen molar-refractivity contribution in [2.75, 3.05) is 19.4 Å². The number of Topliss-reactive ketones (excluding diaryl/α,β-unsaturated/α-hetero) is 1. The molecule has 0 N–H and O–H groups in total. The van der Waals surface area contributed by atoms with Gasteiger partial charge in [-0.2, -0.15) is 0 Å². The summed E-state index contributed by atoms with van der Waals surface area (Å²) in [5.41, 5.74) is 1.08. The molecule has 0 radical (unpaired) electrons. The van der Waals surface area contributed by atoms with Gasteiger partial charge in [-0.25, -0.2) is 9.97 Å². The van der Waals surface area contributed by atoms with E-state index in [0.717, 1.165) is 36.0 Å². The average Bonchev–Trinajstić information content (AvgIpc) is 2.76. The fraction of sp³-hybridized carbons (Fsp3) is 0.435. The molecule has 1 atom stereocenters. The smallest absolute Gasteiger partial charge is 0.316 e. The highest BCUT2D eigenvalue weighted by molar-refractivity contribution is 7.99. The number of amides is 1. The van der Waals surface area contributed by atoms with Gasteiger partial charge in [0, 0.05) is 35.4 Å². The number of aryl methyl sites for hydroxylation is 2. The van der Waals surface area contributed by atoms with Crippen molar-refractivity contribution in [2.24, 2.45) is 0 Å². The van der Waals surface area contributed by atoms with E-state index in [1.807, 2.05) is 19.9 Å². The number of ether oxygens (including phenoxy) is 1. The first-order chi connectivity index (χ1) is 15.2. The van der Waals surface area contributed by atoms with E-state index in [1.54, 1.807) is 31.3 Å². The first-order valence-corrected chi connectivity index (χ1v) is 11.8. The van der Waals surface area contributed by atoms with Crippen LogP contribution in [0.1, 0.15) is 42.6 Å². The number of hydrogen-bond donors (Lipinski definition) is 0. The molecule has 1 fully saturated rings. The van der Waals surface area contributed by atoms with Crippen LogP contribution in [-0.4, -0.2) is 51.9 Å². The number of carbonyl (C=O) groups is 3. The standard InChI is InChI=1S/C23H26ClN3O4S/c1-15-12-16(2)26-22(25-15)32-14-21(30)31-13-20(29)27(3)23(11-7-6-10-19(23)28)17-8-4-5-9-18(17)24/h4-5,8-9,12H,6-7,10-11,13-14H2,1-3H3. The van der Waals surface area contributed by atoms with Crippen molar-refractivity contribution in [3.05, 3.63) is 52.3 Å². The second-order valence-electron chi connectivity index (χ2n) is 7.81. The molecular formula is C23H26ClN3O4S. The molecule has 0 saturated heterocycles. The van der Waals surface area contributed by atoms with Crippen LogP contribution in [0.4, 0.5) is 0 Å². The van der Waals surface area contributed by atoms with Gasteiger partial charge in [0.1, 0.15) is 5.54 Å². The second-order valence-corrected chi connectivity index (χ2v) is 9.16. The Morgan fingerprint density at radius 3 is 2.53 bits per heavy atom. The van der Waals surface area contributed by atoms with Crippen molar-refractivity contribution in [3.63, 3.8) is 0 Å². The number of aromatic nitrogens is 2. The molecule has 1 heterocycles. The van der Waals surface area contributed by atoms with E-state index in [0.29, 0.717) is 28.6 Å². The molecule has 1 amide bonds. The van der Waals surface area contributed by atoms with Gasteiger partial charge in [0.25, 0.3) is 5.91 Å². The maximum Gasteiger partial charge on any atom is 0.316 e. The summed E-state index contributed by atoms with van der Waals surface area (Å²) in [6, 6.07) is 8.92. The molecule has 9 heteroatoms. The van der Waals surface area contributed by atoms with Crippen LogP contribution in [0.2, 0.25) is 5.02 Å². The first-order valence-electron chi connectivity index (χ1n) is 10.4. The van der Waals surface area contributed by atoms with Gasteiger partial charge >= 0.3 is 5.97 Å². The zero-order chi connectivity index (χ0) is 23.3. The molecule has 1 aromatic carbocycles. The Labute approximate surface area is 196 Å². The molecular weight excluding hydrogens is 450 g/mol. The molecule has 32 heavy (non-hydrogen) atoms. The fourth-order valence-electron chi connectivity index (χ4n) is 4.00. The molecule has 1 saturated carbocycles. The van der Waals surface area contributed by atoms with Crippen LogP contribution in [0.25, 0.3) is 0 Å². The largest absolute Gasteiger partial charge is 0.455 e. The topological polar surface area (TPSA) is 89.5 Å². The van der Waals surface area contributed by atoms with E-state index in [-0.39, 0.29) is 11.5 Å². The molecule has 1 unspecified atom stereocenters. The Bertz CT molecular complexity index is 1010. The van der Waals surface area contributed by atoms with Crippen molar-refractivity contribution >= 4 is 41.0 Å². The van der Waals surface area contributed by atoms with E-state index >= 15 is 0 Å². The Morgan fingerprint density at radius 1 is 1.19 bits per heavy atom. The van der Waals surface area contributed by atoms with Gasteiger partial charge in [0.05, 0.1) is 5.75 Å². The molecule has 3 rings (SSSR count). The third kappa shape index (κ3) is 5.30. The van der Waals surface area contributed by atoms with Crippen molar-refractivity contribution in [1.29, 1.82) is 0 Å². The summed E-state index contributed by atoms with van der Waals surface area (Å²) >= 11 is 7.57. The highest BCUT2D eigenvalue weighted by atomic mass is 35.5. The lowest BCUT2D eigenvalue weighted by molar-refractivity contribution is -0.156. The minimum atomic E-state index is -1.15. The lowest BCUT2D eigenvalue weighted by Crippen LogP contribution is -2.55. The molecule has 2 aromatic rings. The van der Waals surface area contributed by atoms with E-state index in [2.05, 4.69) is 9.97 Å². The molecule has 1 aromatic heterocycles. The van der Waals surface area contributed by atoms with Gasteiger partial charge in [0.15, 0.2) is 17.5 Å². The van der Waals surface area contributed by atoms with Gasteiger partial charge in [-0.1, -0.05) is 41.6 Å². The molecule has 0 bridgehead atoms. The Morgan fingerprint density at radius 2 is 1.88 bits per heavy atom. The zero-order valence-electron chi connectivity index (χ0n) is 18.4. The maximum atomic E-state index is 13.1. The number of halogens is 1. The summed E-state index contributed by atoms with van der Waals surface area (Å²) in [6.45, 7) is 3.25. The molecule has 1 aliphatic rings. The second kappa shape index (κ2) is 10.4. The van der Waals surface area contributed by atoms with Crippen LogP contribution < -0.4 is 0 Å². The third-order valence-electron chi connectivity index (χ3n) is 5.56. The summed E-state index contributed by atoms with van der Waals surface area (Å²) in [5.74, 6) is -1.09. The molecule has 1 aliphatic carbocycles. The molecule has 0 spiro atoms. The summed E-state index contributed by atoms with van der Waals surface area (Å²) < 4.78 is 5.19. The molecule has 7 nitrogen and oxygen atoms in total. The average molecular weight is 476 g/mol. The Hall–Kier alpha value is -2.45. The number of benzene rings is 1. The van der Waals surface area contributed by atoms with Gasteiger partial charge in [-0.3, -0.25) is 14.4 Å². The third-order valence-corrected chi connectivity index (χ3v) is 6.71. The quantitative estimate of drug-likeness (QED) is 0.341. The highest BCUT2D eigenvalue weighted by Crippen LogP contribution is 2.42. The number of esters is 1. The Kier molecular flexibility index (Phi) is 7.90. The van der Waals surface area contributed by atoms with E-state index in [4.69, 9.17) is 16.3 Å². The minimum Gasteiger partial charge on any atom is -0.455 e. The van der Waals surface area contributed by atoms with Crippen molar-refractivity contribution in [3.8, 4) is 0 Å². The lowest BCUT2D eigenvalue weighted by atomic mass is 9.74. The number of rotatable bonds is 7. The number of thioether (sulfide) groups is 1. The minimum absolute atomic E-state index is 0.0194. The van der Waals surface area contributed by atoms with Crippen molar-refractivity contribution in [2.45, 2.75) is 50.2 Å². The summed E-state index contributed by atoms with van der Waals surface area (Å²) in [4.78, 5) is 48.2. The van der Waals surface area contributed by atoms with E-state index in [1.165, 1.54) is 4.90 Å². The monoisotopic (exact) mass is 475 g/mol. The van der Waals surface area contributed by atoms with Gasteiger partial charge in [-0.05, 0) is 45.2 Å². The highest BCUT2D eigenvalue weighted by Gasteiger charge is 2.47. The summed E-state index contributed by atoms with van der Waals surface area (Å²) in [7, 11) is 1.57. The van der Waals surface area contributed by atoms with E-state index in [9.17, 15) is 14.4 Å². The number of hydrogen-bond acceptors (Lipinski definition) is 7. The predicted octanol–water partition coefficient (Wildman–Crippen LogP) is 3.88. The van der Waals surface area contributed by atoms with Crippen LogP contribution in [-0.2, 0) is 24.7 Å². The van der Waals surface area contributed by atoms with Crippen molar-refractivity contribution < 1.29 is 19.1 Å². The SMILES string of the molecule is Cc1cc(C)nc(SCC(=O)OCC(=O)N(C)C2(c3ccccc3Cl)CCCCC2=O)n1. The number of carbonyl (C=O) groups excluding carboxylic acids is 3. The molecule has 170 valence electrons. The molecule has 0 aliphatic heterocycles. The number of likely N-dealkylation sites (N-methyl/N-ethyl adjacent to an activating group) is 1. The van der Waals surface area contributed by atoms with Gasteiger partial charge in [-0.15, -0.1) is 0 Å². The van der Waals surface area contributed by atoms with Crippen LogP contribution in [0, 0.1) is 13.8 Å². The van der Waals surface area contributed by atoms with Gasteiger partial charge in [0.2, 0.25) is 0 Å². The van der Waals surface area contributed by atoms with Crippen molar-refractivity contribution in [1.82, 2.24) is 14.9 Å². The van der Waals surface area contributed by atoms with E-state index < -0.39 is 24.0 Å². The fourth-order valence-corrected chi connectivity index (χ4v) is 5.04. The lowest BCUT2D eigenvalue weighted by Gasteiger charge is -2.43. The van der Waals surface area contributed by atoms with Crippen LogP contribution in [0.3, 0.4) is 0 Å². The van der Waals surface area contributed by atoms with Crippen LogP contribution >= 0.6 is 23.4 Å². The normalized spacial score (nSPS) is 18.3. The van der Waals surface area contributed by atoms with Gasteiger partial charge < -0.3 is 9.64 Å². The zero-order valence-corrected chi connectivity index (χ0v) is 20.0. The Balaban J connectivity index is 1.67. The predicted molar refractivity (Wildman–Crippen MR) is 123 cm³/mol. The summed E-state index contributed by atoms with van der Waals surface area (Å²) in [6.07, 6.45) is 2.42. The number of nitrogens with zero attached hydrogens (tertiary/aromatic N) is 3. The number of ketones is 1. The van der Waals surface area contributed by atoms with Crippen LogP contribution in [0.15, 0.2) is 35.5 Å². The first kappa shape index (κ1) is 24.2. The summed E-state index contributed by atoms with van der Waals surface area (Å²) in [5, 5.41) is 0.914. The maximum absolute atomic E-state index is 13.1. The van der Waals surface area contributed by atoms with Crippen LogP contribution in [0.5, 0.6) is 0 Å².